The molecule has 128 valence electrons. The lowest BCUT2D eigenvalue weighted by molar-refractivity contribution is 0.0960. The lowest BCUT2D eigenvalue weighted by Gasteiger charge is -2.41. The van der Waals surface area contributed by atoms with Crippen LogP contribution in [0.3, 0.4) is 0 Å². The van der Waals surface area contributed by atoms with Crippen LogP contribution in [0.2, 0.25) is 0 Å². The molecule has 0 radical (unpaired) electrons. The topological polar surface area (TPSA) is 113 Å². The highest BCUT2D eigenvalue weighted by atomic mass is 16.1. The van der Waals surface area contributed by atoms with E-state index in [2.05, 4.69) is 37.3 Å². The molecule has 1 atom stereocenters. The first-order valence-electron chi connectivity index (χ1n) is 8.05. The average Bonchev–Trinajstić information content (AvgIpc) is 3.04. The molecule has 2 aromatic rings. The smallest absolute Gasteiger partial charge is 0.254 e. The van der Waals surface area contributed by atoms with Crippen LogP contribution in [0, 0.1) is 6.92 Å². The van der Waals surface area contributed by atoms with E-state index in [4.69, 9.17) is 5.73 Å². The van der Waals surface area contributed by atoms with Gasteiger partial charge in [-0.3, -0.25) is 9.89 Å². The number of nitrogen functional groups attached to an aromatic ring is 1. The first kappa shape index (κ1) is 16.2. The molecule has 0 saturated carbocycles. The van der Waals surface area contributed by atoms with Crippen molar-refractivity contribution in [3.63, 3.8) is 0 Å². The predicted octanol–water partition coefficient (Wildman–Crippen LogP) is 1.01. The summed E-state index contributed by atoms with van der Waals surface area (Å²) in [4.78, 5) is 22.8. The number of H-pyrrole nitrogens is 1. The van der Waals surface area contributed by atoms with Crippen molar-refractivity contribution in [3.05, 3.63) is 29.2 Å². The Kier molecular flexibility index (Phi) is 4.13. The Morgan fingerprint density at radius 3 is 2.96 bits per heavy atom. The summed E-state index contributed by atoms with van der Waals surface area (Å²) in [5.74, 6) is 0.982. The van der Waals surface area contributed by atoms with E-state index in [1.807, 2.05) is 13.0 Å². The van der Waals surface area contributed by atoms with Gasteiger partial charge in [0.1, 0.15) is 5.82 Å². The van der Waals surface area contributed by atoms with Gasteiger partial charge in [-0.05, 0) is 19.8 Å². The van der Waals surface area contributed by atoms with E-state index in [0.717, 1.165) is 43.1 Å². The van der Waals surface area contributed by atoms with Crippen LogP contribution in [0.1, 0.15) is 41.5 Å². The van der Waals surface area contributed by atoms with E-state index in [1.54, 1.807) is 13.2 Å². The Labute approximate surface area is 140 Å². The fourth-order valence-electron chi connectivity index (χ4n) is 3.43. The summed E-state index contributed by atoms with van der Waals surface area (Å²) in [6.07, 6.45) is 3.55. The summed E-state index contributed by atoms with van der Waals surface area (Å²) in [5, 5.41) is 9.79. The first-order chi connectivity index (χ1) is 11.4. The number of nitrogens with one attached hydrogen (secondary N) is 2. The Hall–Kier alpha value is -2.64. The van der Waals surface area contributed by atoms with Crippen LogP contribution >= 0.6 is 0 Å². The molecule has 2 aromatic heterocycles. The summed E-state index contributed by atoms with van der Waals surface area (Å²) in [6.45, 7) is 5.68. The van der Waals surface area contributed by atoms with Gasteiger partial charge in [0.25, 0.3) is 5.91 Å². The monoisotopic (exact) mass is 329 g/mol. The van der Waals surface area contributed by atoms with Gasteiger partial charge in [-0.25, -0.2) is 4.98 Å². The molecular weight excluding hydrogens is 306 g/mol. The highest BCUT2D eigenvalue weighted by Gasteiger charge is 2.37. The zero-order chi connectivity index (χ0) is 17.3. The molecule has 24 heavy (non-hydrogen) atoms. The number of nitrogens with two attached hydrogens (primary N) is 1. The van der Waals surface area contributed by atoms with Crippen LogP contribution in [0.25, 0.3) is 0 Å². The largest absolute Gasteiger partial charge is 0.368 e. The van der Waals surface area contributed by atoms with Crippen LogP contribution in [0.15, 0.2) is 12.3 Å². The maximum absolute atomic E-state index is 12.1. The lowest BCUT2D eigenvalue weighted by atomic mass is 9.77. The summed E-state index contributed by atoms with van der Waals surface area (Å²) < 4.78 is 0. The summed E-state index contributed by atoms with van der Waals surface area (Å²) >= 11 is 0. The molecule has 0 spiro atoms. The third-order valence-corrected chi connectivity index (χ3v) is 4.59. The highest BCUT2D eigenvalue weighted by molar-refractivity contribution is 5.95. The number of aromatic nitrogens is 4. The van der Waals surface area contributed by atoms with Crippen molar-refractivity contribution in [2.75, 3.05) is 30.8 Å². The molecule has 1 saturated heterocycles. The van der Waals surface area contributed by atoms with Gasteiger partial charge in [0, 0.05) is 37.3 Å². The molecule has 3 heterocycles. The Morgan fingerprint density at radius 1 is 1.46 bits per heavy atom. The Balaban J connectivity index is 1.92. The SMILES string of the molecule is CNC(=O)c1cn[nH]c1[C@@]1(C)CCCN(c2cc(C)nc(N)n2)C1. The van der Waals surface area contributed by atoms with Gasteiger partial charge in [0.05, 0.1) is 17.5 Å². The molecule has 0 unspecified atom stereocenters. The number of carbonyl (C=O) groups excluding carboxylic acids is 1. The molecule has 8 heteroatoms. The molecular formula is C16H23N7O. The van der Waals surface area contributed by atoms with Crippen LogP contribution in [0.4, 0.5) is 11.8 Å². The van der Waals surface area contributed by atoms with Gasteiger partial charge in [-0.15, -0.1) is 0 Å². The number of aryl methyl sites for hydroxylation is 1. The van der Waals surface area contributed by atoms with Crippen LogP contribution < -0.4 is 16.0 Å². The van der Waals surface area contributed by atoms with Crippen LogP contribution in [0.5, 0.6) is 0 Å². The van der Waals surface area contributed by atoms with Gasteiger partial charge >= 0.3 is 0 Å². The minimum absolute atomic E-state index is 0.126. The van der Waals surface area contributed by atoms with Gasteiger partial charge in [0.15, 0.2) is 0 Å². The second-order valence-electron chi connectivity index (χ2n) is 6.55. The maximum atomic E-state index is 12.1. The molecule has 8 nitrogen and oxygen atoms in total. The molecule has 0 bridgehead atoms. The number of aromatic amines is 1. The van der Waals surface area contributed by atoms with E-state index in [0.29, 0.717) is 5.56 Å². The van der Waals surface area contributed by atoms with Crippen molar-refractivity contribution in [1.29, 1.82) is 0 Å². The minimum atomic E-state index is -0.218. The van der Waals surface area contributed by atoms with Gasteiger partial charge < -0.3 is 16.0 Å². The number of carbonyl (C=O) groups is 1. The van der Waals surface area contributed by atoms with Gasteiger partial charge in [0.2, 0.25) is 5.95 Å². The molecule has 0 aliphatic carbocycles. The fraction of sp³-hybridized carbons (Fsp3) is 0.500. The number of rotatable bonds is 3. The quantitative estimate of drug-likeness (QED) is 0.774. The third-order valence-electron chi connectivity index (χ3n) is 4.59. The zero-order valence-corrected chi connectivity index (χ0v) is 14.3. The van der Waals surface area contributed by atoms with E-state index in [-0.39, 0.29) is 17.3 Å². The number of hydrogen-bond donors (Lipinski definition) is 3. The van der Waals surface area contributed by atoms with Gasteiger partial charge in [-0.1, -0.05) is 6.92 Å². The van der Waals surface area contributed by atoms with Crippen molar-refractivity contribution < 1.29 is 4.79 Å². The van der Waals surface area contributed by atoms with Crippen molar-refractivity contribution >= 4 is 17.7 Å². The van der Waals surface area contributed by atoms with Gasteiger partial charge in [-0.2, -0.15) is 10.1 Å². The Morgan fingerprint density at radius 2 is 2.25 bits per heavy atom. The zero-order valence-electron chi connectivity index (χ0n) is 14.3. The van der Waals surface area contributed by atoms with Crippen molar-refractivity contribution in [2.45, 2.75) is 32.1 Å². The Bertz CT molecular complexity index is 736. The standard InChI is InChI=1S/C16H23N7O/c1-10-7-12(21-15(17)20-10)23-6-4-5-16(2,9-23)13-11(8-19-22-13)14(24)18-3/h7-8H,4-6,9H2,1-3H3,(H,18,24)(H,19,22)(H2,17,20,21)/t16-/m0/s1. The van der Waals surface area contributed by atoms with E-state index in [1.165, 1.54) is 0 Å². The lowest BCUT2D eigenvalue weighted by Crippen LogP contribution is -2.46. The summed E-state index contributed by atoms with van der Waals surface area (Å²) in [6, 6.07) is 1.94. The molecule has 1 fully saturated rings. The number of amides is 1. The van der Waals surface area contributed by atoms with E-state index < -0.39 is 0 Å². The normalized spacial score (nSPS) is 20.9. The van der Waals surface area contributed by atoms with Crippen LogP contribution in [-0.4, -0.2) is 46.2 Å². The number of anilines is 2. The fourth-order valence-corrected chi connectivity index (χ4v) is 3.43. The molecule has 1 aliphatic heterocycles. The number of hydrogen-bond acceptors (Lipinski definition) is 6. The van der Waals surface area contributed by atoms with Crippen molar-refractivity contribution in [3.8, 4) is 0 Å². The van der Waals surface area contributed by atoms with E-state index in [9.17, 15) is 4.79 Å². The molecule has 3 rings (SSSR count). The summed E-state index contributed by atoms with van der Waals surface area (Å²) in [7, 11) is 1.63. The molecule has 1 amide bonds. The average molecular weight is 329 g/mol. The second kappa shape index (κ2) is 6.10. The van der Waals surface area contributed by atoms with E-state index >= 15 is 0 Å². The first-order valence-corrected chi connectivity index (χ1v) is 8.05. The van der Waals surface area contributed by atoms with Crippen molar-refractivity contribution in [1.82, 2.24) is 25.5 Å². The highest BCUT2D eigenvalue weighted by Crippen LogP contribution is 2.36. The molecule has 4 N–H and O–H groups in total. The third kappa shape index (κ3) is 2.91. The molecule has 1 aliphatic rings. The summed E-state index contributed by atoms with van der Waals surface area (Å²) in [5.41, 5.74) is 7.88. The predicted molar refractivity (Wildman–Crippen MR) is 92.0 cm³/mol. The number of nitrogens with zero attached hydrogens (tertiary/aromatic N) is 4. The molecule has 0 aromatic carbocycles. The maximum Gasteiger partial charge on any atom is 0.254 e. The second-order valence-corrected chi connectivity index (χ2v) is 6.55. The number of piperidine rings is 1. The van der Waals surface area contributed by atoms with Crippen molar-refractivity contribution in [2.24, 2.45) is 0 Å². The van der Waals surface area contributed by atoms with Crippen LogP contribution in [-0.2, 0) is 5.41 Å². The minimum Gasteiger partial charge on any atom is -0.368 e.